The number of rotatable bonds is 4. The summed E-state index contributed by atoms with van der Waals surface area (Å²) in [6.45, 7) is 9.88. The second-order valence-electron chi connectivity index (χ2n) is 5.01. The van der Waals surface area contributed by atoms with E-state index in [2.05, 4.69) is 73.2 Å². The molecule has 0 aromatic heterocycles. The Morgan fingerprint density at radius 2 is 1.81 bits per heavy atom. The molecule has 1 atom stereocenters. The molecule has 1 aromatic carbocycles. The first-order valence-corrected chi connectivity index (χ1v) is 7.21. The summed E-state index contributed by atoms with van der Waals surface area (Å²) in [6, 6.07) is 8.49. The molecule has 0 radical (unpaired) electrons. The van der Waals surface area contributed by atoms with Crippen molar-refractivity contribution in [2.24, 2.45) is 0 Å². The first-order valence-electron chi connectivity index (χ1n) is 5.54. The van der Waals surface area contributed by atoms with Gasteiger partial charge in [0.25, 0.3) is 0 Å². The number of thioether (sulfide) groups is 1. The van der Waals surface area contributed by atoms with Crippen molar-refractivity contribution in [1.29, 1.82) is 0 Å². The number of hydrogen-bond acceptors (Lipinski definition) is 2. The summed E-state index contributed by atoms with van der Waals surface area (Å²) in [5, 5.41) is 4.11. The van der Waals surface area contributed by atoms with Crippen LogP contribution < -0.4 is 5.32 Å². The third-order valence-electron chi connectivity index (χ3n) is 2.07. The predicted octanol–water partition coefficient (Wildman–Crippen LogP) is 4.32. The Labute approximate surface area is 112 Å². The van der Waals surface area contributed by atoms with Crippen LogP contribution in [0.2, 0.25) is 0 Å². The molecule has 0 saturated carbocycles. The molecule has 1 aromatic rings. The Hall–Kier alpha value is 0.01000. The van der Waals surface area contributed by atoms with Gasteiger partial charge in [-0.25, -0.2) is 0 Å². The molecule has 0 fully saturated rings. The van der Waals surface area contributed by atoms with Crippen molar-refractivity contribution in [3.63, 3.8) is 0 Å². The van der Waals surface area contributed by atoms with Gasteiger partial charge in [-0.1, -0.05) is 22.9 Å². The first kappa shape index (κ1) is 14.1. The zero-order valence-electron chi connectivity index (χ0n) is 10.4. The predicted molar refractivity (Wildman–Crippen MR) is 77.2 cm³/mol. The van der Waals surface area contributed by atoms with Gasteiger partial charge < -0.3 is 5.32 Å². The fourth-order valence-electron chi connectivity index (χ4n) is 1.24. The Bertz CT molecular complexity index is 316. The Morgan fingerprint density at radius 1 is 1.25 bits per heavy atom. The zero-order valence-corrected chi connectivity index (χ0v) is 12.8. The summed E-state index contributed by atoms with van der Waals surface area (Å²) in [7, 11) is 0. The topological polar surface area (TPSA) is 12.0 Å². The maximum atomic E-state index is 3.52. The van der Waals surface area contributed by atoms with Crippen molar-refractivity contribution in [2.75, 3.05) is 6.54 Å². The molecule has 0 aliphatic carbocycles. The molecule has 0 saturated heterocycles. The van der Waals surface area contributed by atoms with E-state index in [1.54, 1.807) is 0 Å². The molecular formula is C13H20BrNS. The highest BCUT2D eigenvalue weighted by Crippen LogP contribution is 2.24. The Morgan fingerprint density at radius 3 is 2.31 bits per heavy atom. The normalized spacial score (nSPS) is 13.8. The number of nitrogens with one attached hydrogen (secondary N) is 1. The van der Waals surface area contributed by atoms with Gasteiger partial charge in [0, 0.05) is 26.7 Å². The van der Waals surface area contributed by atoms with Gasteiger partial charge in [-0.05, 0) is 45.0 Å². The SMILES string of the molecule is CC(CNC(C)(C)C)Sc1ccc(Br)cc1. The molecule has 0 amide bonds. The van der Waals surface area contributed by atoms with Crippen LogP contribution in [0.25, 0.3) is 0 Å². The van der Waals surface area contributed by atoms with Crippen molar-refractivity contribution >= 4 is 27.7 Å². The second kappa shape index (κ2) is 6.08. The summed E-state index contributed by atoms with van der Waals surface area (Å²) in [4.78, 5) is 1.33. The van der Waals surface area contributed by atoms with E-state index in [9.17, 15) is 0 Å². The van der Waals surface area contributed by atoms with E-state index in [1.165, 1.54) is 4.90 Å². The van der Waals surface area contributed by atoms with Crippen LogP contribution in [-0.4, -0.2) is 17.3 Å². The molecule has 90 valence electrons. The van der Waals surface area contributed by atoms with E-state index in [0.717, 1.165) is 11.0 Å². The highest BCUT2D eigenvalue weighted by atomic mass is 79.9. The summed E-state index contributed by atoms with van der Waals surface area (Å²) >= 11 is 5.36. The van der Waals surface area contributed by atoms with Crippen molar-refractivity contribution in [3.8, 4) is 0 Å². The molecule has 0 aliphatic rings. The zero-order chi connectivity index (χ0) is 12.2. The van der Waals surface area contributed by atoms with Gasteiger partial charge in [-0.15, -0.1) is 11.8 Å². The summed E-state index contributed by atoms with van der Waals surface area (Å²) in [5.74, 6) is 0. The van der Waals surface area contributed by atoms with E-state index in [4.69, 9.17) is 0 Å². The van der Waals surface area contributed by atoms with Crippen LogP contribution >= 0.6 is 27.7 Å². The molecule has 1 N–H and O–H groups in total. The lowest BCUT2D eigenvalue weighted by molar-refractivity contribution is 0.429. The van der Waals surface area contributed by atoms with E-state index >= 15 is 0 Å². The first-order chi connectivity index (χ1) is 7.37. The van der Waals surface area contributed by atoms with E-state index in [-0.39, 0.29) is 5.54 Å². The molecule has 1 rings (SSSR count). The minimum atomic E-state index is 0.203. The maximum absolute atomic E-state index is 3.52. The van der Waals surface area contributed by atoms with Crippen LogP contribution in [0, 0.1) is 0 Å². The second-order valence-corrected chi connectivity index (χ2v) is 7.44. The molecule has 0 aliphatic heterocycles. The largest absolute Gasteiger partial charge is 0.311 e. The summed E-state index contributed by atoms with van der Waals surface area (Å²) in [6.07, 6.45) is 0. The molecule has 0 heterocycles. The Balaban J connectivity index is 2.39. The van der Waals surface area contributed by atoms with Crippen molar-refractivity contribution < 1.29 is 0 Å². The monoisotopic (exact) mass is 301 g/mol. The maximum Gasteiger partial charge on any atom is 0.0191 e. The molecule has 3 heteroatoms. The minimum absolute atomic E-state index is 0.203. The number of halogens is 1. The quantitative estimate of drug-likeness (QED) is 0.831. The van der Waals surface area contributed by atoms with Crippen molar-refractivity contribution in [3.05, 3.63) is 28.7 Å². The third-order valence-corrected chi connectivity index (χ3v) is 3.71. The van der Waals surface area contributed by atoms with Crippen LogP contribution in [0.1, 0.15) is 27.7 Å². The van der Waals surface area contributed by atoms with Crippen molar-refractivity contribution in [1.82, 2.24) is 5.32 Å². The third kappa shape index (κ3) is 5.92. The van der Waals surface area contributed by atoms with E-state index in [0.29, 0.717) is 5.25 Å². The van der Waals surface area contributed by atoms with Gasteiger partial charge in [0.15, 0.2) is 0 Å². The van der Waals surface area contributed by atoms with Gasteiger partial charge >= 0.3 is 0 Å². The van der Waals surface area contributed by atoms with Gasteiger partial charge in [-0.2, -0.15) is 0 Å². The summed E-state index contributed by atoms with van der Waals surface area (Å²) in [5.41, 5.74) is 0.203. The molecule has 16 heavy (non-hydrogen) atoms. The van der Waals surface area contributed by atoms with Gasteiger partial charge in [-0.3, -0.25) is 0 Å². The highest BCUT2D eigenvalue weighted by molar-refractivity contribution is 9.10. The number of benzene rings is 1. The van der Waals surface area contributed by atoms with Crippen molar-refractivity contribution in [2.45, 2.75) is 43.4 Å². The van der Waals surface area contributed by atoms with E-state index < -0.39 is 0 Å². The van der Waals surface area contributed by atoms with Crippen LogP contribution in [0.3, 0.4) is 0 Å². The standard InChI is InChI=1S/C13H20BrNS/c1-10(9-15-13(2,3)4)16-12-7-5-11(14)6-8-12/h5-8,10,15H,9H2,1-4H3. The number of hydrogen-bond donors (Lipinski definition) is 1. The molecular weight excluding hydrogens is 282 g/mol. The van der Waals surface area contributed by atoms with Gasteiger partial charge in [0.1, 0.15) is 0 Å². The van der Waals surface area contributed by atoms with Crippen LogP contribution in [-0.2, 0) is 0 Å². The van der Waals surface area contributed by atoms with Crippen LogP contribution in [0.4, 0.5) is 0 Å². The lowest BCUT2D eigenvalue weighted by atomic mass is 10.1. The summed E-state index contributed by atoms with van der Waals surface area (Å²) < 4.78 is 1.14. The average molecular weight is 302 g/mol. The smallest absolute Gasteiger partial charge is 0.0191 e. The molecule has 0 bridgehead atoms. The Kier molecular flexibility index (Phi) is 5.35. The fraction of sp³-hybridized carbons (Fsp3) is 0.538. The van der Waals surface area contributed by atoms with Crippen LogP contribution in [0.5, 0.6) is 0 Å². The fourth-order valence-corrected chi connectivity index (χ4v) is 2.43. The minimum Gasteiger partial charge on any atom is -0.311 e. The molecule has 1 unspecified atom stereocenters. The average Bonchev–Trinajstić information content (AvgIpc) is 2.18. The lowest BCUT2D eigenvalue weighted by Gasteiger charge is -2.23. The lowest BCUT2D eigenvalue weighted by Crippen LogP contribution is -2.39. The van der Waals surface area contributed by atoms with Gasteiger partial charge in [0.05, 0.1) is 0 Å². The highest BCUT2D eigenvalue weighted by Gasteiger charge is 2.11. The molecule has 1 nitrogen and oxygen atoms in total. The molecule has 0 spiro atoms. The van der Waals surface area contributed by atoms with Crippen LogP contribution in [0.15, 0.2) is 33.6 Å². The van der Waals surface area contributed by atoms with Gasteiger partial charge in [0.2, 0.25) is 0 Å². The van der Waals surface area contributed by atoms with E-state index in [1.807, 2.05) is 11.8 Å².